The standard InChI is InChI=1S/C20H29Cl2NO5S/c1-19(2,3)28-18(24)23-11-5-9-20(14-23,10-6-12-27-29(4,25)26)15-7-8-16(21)17(22)13-15/h7-8,13H,5-6,9-12,14H2,1-4H3/t20-/m1/s1. The minimum atomic E-state index is -3.49. The number of benzene rings is 1. The third-order valence-electron chi connectivity index (χ3n) is 4.86. The molecule has 1 atom stereocenters. The van der Waals surface area contributed by atoms with E-state index in [0.717, 1.165) is 24.7 Å². The van der Waals surface area contributed by atoms with E-state index in [2.05, 4.69) is 0 Å². The van der Waals surface area contributed by atoms with Gasteiger partial charge in [-0.1, -0.05) is 29.3 Å². The van der Waals surface area contributed by atoms with Crippen LogP contribution < -0.4 is 0 Å². The van der Waals surface area contributed by atoms with E-state index in [1.165, 1.54) is 0 Å². The van der Waals surface area contributed by atoms with Crippen molar-refractivity contribution in [1.29, 1.82) is 0 Å². The Morgan fingerprint density at radius 3 is 2.52 bits per heavy atom. The molecule has 1 fully saturated rings. The second-order valence-corrected chi connectivity index (χ2v) is 11.0. The van der Waals surface area contributed by atoms with Gasteiger partial charge < -0.3 is 9.64 Å². The van der Waals surface area contributed by atoms with Gasteiger partial charge in [-0.05, 0) is 64.2 Å². The lowest BCUT2D eigenvalue weighted by Gasteiger charge is -2.43. The summed E-state index contributed by atoms with van der Waals surface area (Å²) in [5, 5.41) is 0.913. The van der Waals surface area contributed by atoms with E-state index < -0.39 is 15.7 Å². The van der Waals surface area contributed by atoms with Gasteiger partial charge in [0.15, 0.2) is 0 Å². The number of halogens is 2. The molecule has 1 aliphatic heterocycles. The van der Waals surface area contributed by atoms with Gasteiger partial charge in [0.2, 0.25) is 0 Å². The van der Waals surface area contributed by atoms with E-state index in [4.69, 9.17) is 32.1 Å². The molecule has 0 bridgehead atoms. The topological polar surface area (TPSA) is 72.9 Å². The fraction of sp³-hybridized carbons (Fsp3) is 0.650. The molecule has 164 valence electrons. The molecule has 1 amide bonds. The molecular formula is C20H29Cl2NO5S. The van der Waals surface area contributed by atoms with Crippen LogP contribution in [-0.4, -0.2) is 51.0 Å². The largest absolute Gasteiger partial charge is 0.444 e. The smallest absolute Gasteiger partial charge is 0.410 e. The van der Waals surface area contributed by atoms with Crippen LogP contribution in [0.2, 0.25) is 10.0 Å². The highest BCUT2D eigenvalue weighted by atomic mass is 35.5. The molecule has 1 aliphatic rings. The minimum Gasteiger partial charge on any atom is -0.444 e. The first kappa shape index (κ1) is 24.3. The highest BCUT2D eigenvalue weighted by Crippen LogP contribution is 2.40. The average molecular weight is 466 g/mol. The third-order valence-corrected chi connectivity index (χ3v) is 6.19. The lowest BCUT2D eigenvalue weighted by molar-refractivity contribution is 0.0123. The summed E-state index contributed by atoms with van der Waals surface area (Å²) in [6.45, 7) is 6.67. The Balaban J connectivity index is 2.26. The number of amides is 1. The summed E-state index contributed by atoms with van der Waals surface area (Å²) in [7, 11) is -3.49. The number of carbonyl (C=O) groups is 1. The molecule has 1 aromatic carbocycles. The zero-order valence-corrected chi connectivity index (χ0v) is 19.7. The maximum Gasteiger partial charge on any atom is 0.410 e. The van der Waals surface area contributed by atoms with Gasteiger partial charge in [-0.15, -0.1) is 0 Å². The van der Waals surface area contributed by atoms with Crippen LogP contribution in [0.1, 0.15) is 52.0 Å². The van der Waals surface area contributed by atoms with E-state index in [1.54, 1.807) is 11.0 Å². The summed E-state index contributed by atoms with van der Waals surface area (Å²) in [5.41, 5.74) is 0.00783. The van der Waals surface area contributed by atoms with Crippen LogP contribution in [0.3, 0.4) is 0 Å². The van der Waals surface area contributed by atoms with E-state index in [9.17, 15) is 13.2 Å². The van der Waals surface area contributed by atoms with Crippen molar-refractivity contribution >= 4 is 39.4 Å². The molecule has 0 spiro atoms. The predicted molar refractivity (Wildman–Crippen MR) is 115 cm³/mol. The maximum atomic E-state index is 12.7. The van der Waals surface area contributed by atoms with Gasteiger partial charge in [0.25, 0.3) is 10.1 Å². The molecule has 2 rings (SSSR count). The highest BCUT2D eigenvalue weighted by Gasteiger charge is 2.39. The van der Waals surface area contributed by atoms with Gasteiger partial charge >= 0.3 is 6.09 Å². The van der Waals surface area contributed by atoms with Crippen molar-refractivity contribution in [2.75, 3.05) is 26.0 Å². The zero-order chi connectivity index (χ0) is 21.9. The minimum absolute atomic E-state index is 0.0916. The second-order valence-electron chi connectivity index (χ2n) is 8.54. The van der Waals surface area contributed by atoms with Crippen LogP contribution in [-0.2, 0) is 24.5 Å². The van der Waals surface area contributed by atoms with Gasteiger partial charge in [0, 0.05) is 18.5 Å². The number of piperidine rings is 1. The fourth-order valence-corrected chi connectivity index (χ4v) is 4.36. The first-order chi connectivity index (χ1) is 13.3. The van der Waals surface area contributed by atoms with Crippen LogP contribution >= 0.6 is 23.2 Å². The maximum absolute atomic E-state index is 12.7. The van der Waals surface area contributed by atoms with Gasteiger partial charge in [-0.2, -0.15) is 8.42 Å². The summed E-state index contributed by atoms with van der Waals surface area (Å²) in [5.74, 6) is 0. The first-order valence-corrected chi connectivity index (χ1v) is 12.2. The Morgan fingerprint density at radius 1 is 1.24 bits per heavy atom. The average Bonchev–Trinajstić information content (AvgIpc) is 2.59. The van der Waals surface area contributed by atoms with E-state index in [0.29, 0.717) is 36.0 Å². The molecule has 29 heavy (non-hydrogen) atoms. The summed E-state index contributed by atoms with van der Waals surface area (Å²) in [4.78, 5) is 14.4. The van der Waals surface area contributed by atoms with E-state index >= 15 is 0 Å². The number of hydrogen-bond acceptors (Lipinski definition) is 5. The van der Waals surface area contributed by atoms with Crippen molar-refractivity contribution in [3.05, 3.63) is 33.8 Å². The Bertz CT molecular complexity index is 838. The van der Waals surface area contributed by atoms with E-state index in [1.807, 2.05) is 32.9 Å². The third kappa shape index (κ3) is 7.31. The number of hydrogen-bond donors (Lipinski definition) is 0. The molecular weight excluding hydrogens is 437 g/mol. The molecule has 0 saturated carbocycles. The summed E-state index contributed by atoms with van der Waals surface area (Å²) in [6, 6.07) is 5.50. The SMILES string of the molecule is CC(C)(C)OC(=O)N1CCC[C@](CCCOS(C)(=O)=O)(c2ccc(Cl)c(Cl)c2)C1. The van der Waals surface area contributed by atoms with Gasteiger partial charge in [-0.25, -0.2) is 4.79 Å². The van der Waals surface area contributed by atoms with E-state index in [-0.39, 0.29) is 18.1 Å². The van der Waals surface area contributed by atoms with Crippen molar-refractivity contribution in [2.24, 2.45) is 0 Å². The van der Waals surface area contributed by atoms with Crippen LogP contribution in [0.5, 0.6) is 0 Å². The van der Waals surface area contributed by atoms with Crippen molar-refractivity contribution in [1.82, 2.24) is 4.90 Å². The Labute approximate surface area is 183 Å². The van der Waals surface area contributed by atoms with Gasteiger partial charge in [0.1, 0.15) is 5.60 Å². The Kier molecular flexibility index (Phi) is 7.87. The molecule has 0 N–H and O–H groups in total. The predicted octanol–water partition coefficient (Wildman–Crippen LogP) is 5.02. The van der Waals surface area contributed by atoms with Crippen LogP contribution in [0.25, 0.3) is 0 Å². The number of carbonyl (C=O) groups excluding carboxylic acids is 1. The highest BCUT2D eigenvalue weighted by molar-refractivity contribution is 7.85. The van der Waals surface area contributed by atoms with Crippen molar-refractivity contribution in [3.63, 3.8) is 0 Å². The molecule has 1 heterocycles. The number of ether oxygens (including phenoxy) is 1. The molecule has 1 aromatic rings. The monoisotopic (exact) mass is 465 g/mol. The number of likely N-dealkylation sites (tertiary alicyclic amines) is 1. The molecule has 0 aliphatic carbocycles. The van der Waals surface area contributed by atoms with Crippen LogP contribution in [0, 0.1) is 0 Å². The normalized spacial score (nSPS) is 20.6. The quantitative estimate of drug-likeness (QED) is 0.435. The zero-order valence-electron chi connectivity index (χ0n) is 17.3. The van der Waals surface area contributed by atoms with Crippen LogP contribution in [0.15, 0.2) is 18.2 Å². The number of rotatable bonds is 6. The Morgan fingerprint density at radius 2 is 1.93 bits per heavy atom. The fourth-order valence-electron chi connectivity index (χ4n) is 3.64. The molecule has 9 heteroatoms. The molecule has 0 unspecified atom stereocenters. The van der Waals surface area contributed by atoms with Crippen molar-refractivity contribution < 1.29 is 22.1 Å². The van der Waals surface area contributed by atoms with Gasteiger partial charge in [-0.3, -0.25) is 4.18 Å². The second kappa shape index (κ2) is 9.41. The summed E-state index contributed by atoms with van der Waals surface area (Å²) >= 11 is 12.4. The Hall–Kier alpha value is -1.02. The lowest BCUT2D eigenvalue weighted by Crippen LogP contribution is -2.50. The molecule has 0 aromatic heterocycles. The molecule has 0 radical (unpaired) electrons. The molecule has 6 nitrogen and oxygen atoms in total. The van der Waals surface area contributed by atoms with Crippen LogP contribution in [0.4, 0.5) is 4.79 Å². The number of nitrogens with zero attached hydrogens (tertiary/aromatic N) is 1. The first-order valence-electron chi connectivity index (χ1n) is 9.59. The van der Waals surface area contributed by atoms with Crippen molar-refractivity contribution in [3.8, 4) is 0 Å². The molecule has 1 saturated heterocycles. The summed E-state index contributed by atoms with van der Waals surface area (Å²) < 4.78 is 33.0. The van der Waals surface area contributed by atoms with Crippen molar-refractivity contribution in [2.45, 2.75) is 57.5 Å². The van der Waals surface area contributed by atoms with Gasteiger partial charge in [0.05, 0.1) is 22.9 Å². The lowest BCUT2D eigenvalue weighted by atomic mass is 9.71. The summed E-state index contributed by atoms with van der Waals surface area (Å²) in [6.07, 6.45) is 3.48.